The molecule has 2 heterocycles. The molecule has 5 nitrogen and oxygen atoms in total. The number of benzene rings is 1. The summed E-state index contributed by atoms with van der Waals surface area (Å²) in [5, 5.41) is 0. The van der Waals surface area contributed by atoms with Gasteiger partial charge in [0.25, 0.3) is 0 Å². The minimum atomic E-state index is -4.60. The summed E-state index contributed by atoms with van der Waals surface area (Å²) in [6.45, 7) is 2.49. The van der Waals surface area contributed by atoms with Crippen LogP contribution in [-0.2, 0) is 10.9 Å². The smallest absolute Gasteiger partial charge is 0.419 e. The summed E-state index contributed by atoms with van der Waals surface area (Å²) in [4.78, 5) is 25.6. The Morgan fingerprint density at radius 2 is 2.00 bits per heavy atom. The van der Waals surface area contributed by atoms with Gasteiger partial charge in [-0.25, -0.2) is 4.79 Å². The number of ether oxygens (including phenoxy) is 2. The molecule has 0 unspecified atom stereocenters. The van der Waals surface area contributed by atoms with E-state index < -0.39 is 29.2 Å². The molecular formula is C17H18F3NO4. The van der Waals surface area contributed by atoms with Gasteiger partial charge in [0.05, 0.1) is 24.2 Å². The minimum Gasteiger partial charge on any atom is -0.485 e. The van der Waals surface area contributed by atoms with Crippen LogP contribution in [0.15, 0.2) is 18.2 Å². The molecule has 0 N–H and O–H groups in total. The van der Waals surface area contributed by atoms with E-state index in [1.165, 1.54) is 17.0 Å². The fourth-order valence-electron chi connectivity index (χ4n) is 3.32. The van der Waals surface area contributed by atoms with Gasteiger partial charge in [0.2, 0.25) is 0 Å². The standard InChI is InChI=1S/C17H18F3NO4/c1-2-24-15(23)21-8-6-16(7-9-21)10-13(22)11-4-3-5-12(14(11)25-16)17(18,19)20/h3-5H,2,6-10H2,1H3. The lowest BCUT2D eigenvalue weighted by atomic mass is 9.82. The summed E-state index contributed by atoms with van der Waals surface area (Å²) >= 11 is 0. The summed E-state index contributed by atoms with van der Waals surface area (Å²) in [6.07, 6.45) is -4.49. The molecule has 1 spiro atoms. The van der Waals surface area contributed by atoms with Crippen LogP contribution in [0.5, 0.6) is 5.75 Å². The zero-order chi connectivity index (χ0) is 18.2. The zero-order valence-corrected chi connectivity index (χ0v) is 13.7. The number of amides is 1. The van der Waals surface area contributed by atoms with Crippen molar-refractivity contribution in [3.63, 3.8) is 0 Å². The molecule has 1 aromatic rings. The van der Waals surface area contributed by atoms with E-state index in [-0.39, 0.29) is 50.3 Å². The van der Waals surface area contributed by atoms with Gasteiger partial charge >= 0.3 is 12.3 Å². The Labute approximate surface area is 142 Å². The molecule has 1 saturated heterocycles. The fraction of sp³-hybridized carbons (Fsp3) is 0.529. The number of carbonyl (C=O) groups excluding carboxylic acids is 2. The summed E-state index contributed by atoms with van der Waals surface area (Å²) in [6, 6.07) is 3.48. The second-order valence-corrected chi connectivity index (χ2v) is 6.25. The van der Waals surface area contributed by atoms with Crippen molar-refractivity contribution in [2.75, 3.05) is 19.7 Å². The molecule has 0 radical (unpaired) electrons. The van der Waals surface area contributed by atoms with E-state index in [1.54, 1.807) is 6.92 Å². The van der Waals surface area contributed by atoms with Crippen molar-refractivity contribution in [3.05, 3.63) is 29.3 Å². The Bertz CT molecular complexity index is 694. The van der Waals surface area contributed by atoms with Crippen LogP contribution >= 0.6 is 0 Å². The van der Waals surface area contributed by atoms with Gasteiger partial charge in [-0.2, -0.15) is 13.2 Å². The molecule has 0 aromatic heterocycles. The lowest BCUT2D eigenvalue weighted by Gasteiger charge is -2.44. The zero-order valence-electron chi connectivity index (χ0n) is 13.7. The third-order valence-corrected chi connectivity index (χ3v) is 4.62. The molecular weight excluding hydrogens is 339 g/mol. The number of likely N-dealkylation sites (tertiary alicyclic amines) is 1. The van der Waals surface area contributed by atoms with Gasteiger partial charge in [0, 0.05) is 25.9 Å². The first-order chi connectivity index (χ1) is 11.8. The highest BCUT2D eigenvalue weighted by molar-refractivity contribution is 6.00. The highest BCUT2D eigenvalue weighted by Gasteiger charge is 2.47. The van der Waals surface area contributed by atoms with Crippen molar-refractivity contribution in [1.29, 1.82) is 0 Å². The topological polar surface area (TPSA) is 55.8 Å². The first-order valence-electron chi connectivity index (χ1n) is 8.10. The van der Waals surface area contributed by atoms with E-state index >= 15 is 0 Å². The third kappa shape index (κ3) is 3.29. The number of hydrogen-bond acceptors (Lipinski definition) is 4. The first kappa shape index (κ1) is 17.6. The Morgan fingerprint density at radius 1 is 1.32 bits per heavy atom. The lowest BCUT2D eigenvalue weighted by molar-refractivity contribution is -0.140. The van der Waals surface area contributed by atoms with Crippen LogP contribution in [-0.4, -0.2) is 42.1 Å². The van der Waals surface area contributed by atoms with Gasteiger partial charge in [0.15, 0.2) is 5.78 Å². The largest absolute Gasteiger partial charge is 0.485 e. The summed E-state index contributed by atoms with van der Waals surface area (Å²) in [7, 11) is 0. The maximum absolute atomic E-state index is 13.3. The Hall–Kier alpha value is -2.25. The predicted molar refractivity (Wildman–Crippen MR) is 81.6 cm³/mol. The summed E-state index contributed by atoms with van der Waals surface area (Å²) in [5.74, 6) is -0.757. The van der Waals surface area contributed by atoms with Crippen molar-refractivity contribution in [2.24, 2.45) is 0 Å². The average Bonchev–Trinajstić information content (AvgIpc) is 2.54. The molecule has 2 aliphatic rings. The van der Waals surface area contributed by atoms with E-state index in [1.807, 2.05) is 0 Å². The van der Waals surface area contributed by atoms with Gasteiger partial charge in [-0.3, -0.25) is 4.79 Å². The van der Waals surface area contributed by atoms with E-state index in [0.717, 1.165) is 6.07 Å². The number of alkyl halides is 3. The number of Topliss-reactive ketones (excluding diaryl/α,β-unsaturated/α-hetero) is 1. The maximum atomic E-state index is 13.3. The Morgan fingerprint density at radius 3 is 2.60 bits per heavy atom. The van der Waals surface area contributed by atoms with Crippen LogP contribution < -0.4 is 4.74 Å². The van der Waals surface area contributed by atoms with Gasteiger partial charge < -0.3 is 14.4 Å². The molecule has 0 aliphatic carbocycles. The molecule has 136 valence electrons. The molecule has 8 heteroatoms. The third-order valence-electron chi connectivity index (χ3n) is 4.62. The minimum absolute atomic E-state index is 0.0119. The van der Waals surface area contributed by atoms with Crippen molar-refractivity contribution >= 4 is 11.9 Å². The number of nitrogens with zero attached hydrogens (tertiary/aromatic N) is 1. The molecule has 3 rings (SSSR count). The van der Waals surface area contributed by atoms with Gasteiger partial charge in [-0.15, -0.1) is 0 Å². The number of halogens is 3. The van der Waals surface area contributed by atoms with Crippen molar-refractivity contribution in [3.8, 4) is 5.75 Å². The molecule has 2 aliphatic heterocycles. The van der Waals surface area contributed by atoms with Gasteiger partial charge in [-0.05, 0) is 19.1 Å². The lowest BCUT2D eigenvalue weighted by Crippen LogP contribution is -2.52. The number of para-hydroxylation sites is 1. The highest BCUT2D eigenvalue weighted by atomic mass is 19.4. The number of rotatable bonds is 1. The summed E-state index contributed by atoms with van der Waals surface area (Å²) < 4.78 is 50.4. The Kier molecular flexibility index (Phi) is 4.38. The number of carbonyl (C=O) groups is 2. The van der Waals surface area contributed by atoms with Crippen LogP contribution in [0, 0.1) is 0 Å². The monoisotopic (exact) mass is 357 g/mol. The number of piperidine rings is 1. The molecule has 1 fully saturated rings. The van der Waals surface area contributed by atoms with Crippen LogP contribution in [0.3, 0.4) is 0 Å². The molecule has 1 amide bonds. The fourth-order valence-corrected chi connectivity index (χ4v) is 3.32. The second kappa shape index (κ2) is 6.24. The number of hydrogen-bond donors (Lipinski definition) is 0. The molecule has 1 aromatic carbocycles. The van der Waals surface area contributed by atoms with Crippen LogP contribution in [0.25, 0.3) is 0 Å². The van der Waals surface area contributed by atoms with Gasteiger partial charge in [0.1, 0.15) is 11.4 Å². The van der Waals surface area contributed by atoms with Crippen molar-refractivity contribution < 1.29 is 32.2 Å². The normalized spacial score (nSPS) is 19.4. The molecule has 25 heavy (non-hydrogen) atoms. The van der Waals surface area contributed by atoms with Crippen LogP contribution in [0.4, 0.5) is 18.0 Å². The summed E-state index contributed by atoms with van der Waals surface area (Å²) in [5.41, 5.74) is -1.98. The predicted octanol–water partition coefficient (Wildman–Crippen LogP) is 3.66. The van der Waals surface area contributed by atoms with Gasteiger partial charge in [-0.1, -0.05) is 6.07 Å². The SMILES string of the molecule is CCOC(=O)N1CCC2(CC1)CC(=O)c1cccc(C(F)(F)F)c1O2. The molecule has 0 bridgehead atoms. The van der Waals surface area contributed by atoms with E-state index in [2.05, 4.69) is 0 Å². The quantitative estimate of drug-likeness (QED) is 0.770. The van der Waals surface area contributed by atoms with Crippen LogP contribution in [0.2, 0.25) is 0 Å². The average molecular weight is 357 g/mol. The molecule has 0 atom stereocenters. The van der Waals surface area contributed by atoms with Crippen LogP contribution in [0.1, 0.15) is 42.1 Å². The second-order valence-electron chi connectivity index (χ2n) is 6.25. The van der Waals surface area contributed by atoms with Crippen molar-refractivity contribution in [1.82, 2.24) is 4.90 Å². The molecule has 0 saturated carbocycles. The first-order valence-corrected chi connectivity index (χ1v) is 8.10. The highest BCUT2D eigenvalue weighted by Crippen LogP contribution is 2.45. The number of fused-ring (bicyclic) bond motifs is 1. The van der Waals surface area contributed by atoms with E-state index in [9.17, 15) is 22.8 Å². The van der Waals surface area contributed by atoms with E-state index in [4.69, 9.17) is 9.47 Å². The van der Waals surface area contributed by atoms with Crippen molar-refractivity contribution in [2.45, 2.75) is 38.0 Å². The maximum Gasteiger partial charge on any atom is 0.419 e. The number of ketones is 1. The van der Waals surface area contributed by atoms with E-state index in [0.29, 0.717) is 0 Å². The Balaban J connectivity index is 1.85.